The van der Waals surface area contributed by atoms with Gasteiger partial charge in [0.15, 0.2) is 0 Å². The number of nitrogens with two attached hydrogens (primary N) is 1. The first kappa shape index (κ1) is 13.2. The van der Waals surface area contributed by atoms with Gasteiger partial charge in [-0.1, -0.05) is 0 Å². The Bertz CT molecular complexity index is 701. The number of hydrogen-bond acceptors (Lipinski definition) is 5. The molecular formula is C15H15N3O3. The Labute approximate surface area is 121 Å². The maximum absolute atomic E-state index is 11.3. The number of amides is 1. The number of ether oxygens (including phenoxy) is 2. The van der Waals surface area contributed by atoms with Crippen molar-refractivity contribution in [1.29, 1.82) is 0 Å². The molecule has 108 valence electrons. The first-order valence-electron chi connectivity index (χ1n) is 6.57. The lowest BCUT2D eigenvalue weighted by Crippen LogP contribution is -2.18. The van der Waals surface area contributed by atoms with Gasteiger partial charge < -0.3 is 20.5 Å². The zero-order valence-corrected chi connectivity index (χ0v) is 11.6. The average Bonchev–Trinajstić information content (AvgIpc) is 2.49. The number of pyridine rings is 1. The van der Waals surface area contributed by atoms with Crippen molar-refractivity contribution in [3.63, 3.8) is 0 Å². The number of nitrogen functional groups attached to an aromatic ring is 1. The third-order valence-electron chi connectivity index (χ3n) is 3.25. The Balaban J connectivity index is 1.84. The second kappa shape index (κ2) is 5.32. The van der Waals surface area contributed by atoms with E-state index in [9.17, 15) is 4.79 Å². The van der Waals surface area contributed by atoms with Gasteiger partial charge in [0.1, 0.15) is 5.75 Å². The van der Waals surface area contributed by atoms with Crippen LogP contribution >= 0.6 is 0 Å². The number of anilines is 2. The van der Waals surface area contributed by atoms with Crippen LogP contribution in [0.4, 0.5) is 11.4 Å². The lowest BCUT2D eigenvalue weighted by Gasteiger charge is -2.17. The van der Waals surface area contributed by atoms with Gasteiger partial charge in [-0.05, 0) is 36.2 Å². The highest BCUT2D eigenvalue weighted by Crippen LogP contribution is 2.30. The van der Waals surface area contributed by atoms with Crippen molar-refractivity contribution in [2.24, 2.45) is 0 Å². The van der Waals surface area contributed by atoms with Gasteiger partial charge in [0, 0.05) is 18.2 Å². The molecule has 0 saturated carbocycles. The number of aromatic nitrogens is 1. The molecule has 0 atom stereocenters. The van der Waals surface area contributed by atoms with Crippen molar-refractivity contribution in [1.82, 2.24) is 4.98 Å². The third kappa shape index (κ3) is 2.74. The average molecular weight is 285 g/mol. The lowest BCUT2D eigenvalue weighted by molar-refractivity contribution is -0.116. The van der Waals surface area contributed by atoms with Crippen LogP contribution in [-0.2, 0) is 11.2 Å². The molecule has 2 heterocycles. The SMILES string of the molecule is COc1nc(Oc2ccc3c(c2)CCC(=O)N3)ccc1N. The zero-order valence-electron chi connectivity index (χ0n) is 11.6. The number of carbonyl (C=O) groups is 1. The molecule has 3 rings (SSSR count). The zero-order chi connectivity index (χ0) is 14.8. The van der Waals surface area contributed by atoms with Crippen LogP contribution in [0.2, 0.25) is 0 Å². The molecule has 21 heavy (non-hydrogen) atoms. The van der Waals surface area contributed by atoms with Crippen LogP contribution in [0.3, 0.4) is 0 Å². The standard InChI is InChI=1S/C15H15N3O3/c1-20-15-11(16)4-7-14(18-15)21-10-3-5-12-9(8-10)2-6-13(19)17-12/h3-5,7-8H,2,6,16H2,1H3,(H,17,19). The summed E-state index contributed by atoms with van der Waals surface area (Å²) in [5.74, 6) is 1.43. The van der Waals surface area contributed by atoms with Crippen molar-refractivity contribution >= 4 is 17.3 Å². The number of hydrogen-bond donors (Lipinski definition) is 2. The number of carbonyl (C=O) groups excluding carboxylic acids is 1. The molecule has 0 unspecified atom stereocenters. The summed E-state index contributed by atoms with van der Waals surface area (Å²) in [5.41, 5.74) is 8.06. The van der Waals surface area contributed by atoms with Gasteiger partial charge in [-0.3, -0.25) is 4.79 Å². The van der Waals surface area contributed by atoms with Crippen molar-refractivity contribution < 1.29 is 14.3 Å². The lowest BCUT2D eigenvalue weighted by atomic mass is 10.0. The van der Waals surface area contributed by atoms with Gasteiger partial charge in [0.05, 0.1) is 12.8 Å². The van der Waals surface area contributed by atoms with Crippen LogP contribution in [0.1, 0.15) is 12.0 Å². The molecule has 1 aromatic heterocycles. The molecule has 0 saturated heterocycles. The maximum Gasteiger partial charge on any atom is 0.240 e. The first-order valence-corrected chi connectivity index (χ1v) is 6.57. The molecule has 0 spiro atoms. The smallest absolute Gasteiger partial charge is 0.240 e. The number of benzene rings is 1. The van der Waals surface area contributed by atoms with E-state index in [-0.39, 0.29) is 5.91 Å². The van der Waals surface area contributed by atoms with Crippen molar-refractivity contribution in [3.8, 4) is 17.5 Å². The van der Waals surface area contributed by atoms with E-state index in [0.29, 0.717) is 36.0 Å². The normalized spacial score (nSPS) is 13.3. The van der Waals surface area contributed by atoms with Gasteiger partial charge >= 0.3 is 0 Å². The van der Waals surface area contributed by atoms with Gasteiger partial charge in [-0.25, -0.2) is 0 Å². The summed E-state index contributed by atoms with van der Waals surface area (Å²) in [6, 6.07) is 8.88. The minimum Gasteiger partial charge on any atom is -0.479 e. The van der Waals surface area contributed by atoms with Crippen LogP contribution in [0.15, 0.2) is 30.3 Å². The molecular weight excluding hydrogens is 270 g/mol. The monoisotopic (exact) mass is 285 g/mol. The number of rotatable bonds is 3. The predicted molar refractivity (Wildman–Crippen MR) is 78.7 cm³/mol. The van der Waals surface area contributed by atoms with Crippen LogP contribution in [-0.4, -0.2) is 18.0 Å². The molecule has 0 bridgehead atoms. The van der Waals surface area contributed by atoms with Crippen LogP contribution < -0.4 is 20.5 Å². The summed E-state index contributed by atoms with van der Waals surface area (Å²) >= 11 is 0. The number of nitrogens with one attached hydrogen (secondary N) is 1. The highest BCUT2D eigenvalue weighted by atomic mass is 16.5. The number of fused-ring (bicyclic) bond motifs is 1. The molecule has 1 aliphatic heterocycles. The first-order chi connectivity index (χ1) is 10.2. The Morgan fingerprint density at radius 3 is 2.90 bits per heavy atom. The van der Waals surface area contributed by atoms with E-state index in [1.165, 1.54) is 7.11 Å². The molecule has 1 aromatic carbocycles. The van der Waals surface area contributed by atoms with E-state index in [1.54, 1.807) is 18.2 Å². The van der Waals surface area contributed by atoms with Gasteiger partial charge in [0.2, 0.25) is 17.7 Å². The summed E-state index contributed by atoms with van der Waals surface area (Å²) in [6.45, 7) is 0. The molecule has 0 fully saturated rings. The molecule has 2 aromatic rings. The van der Waals surface area contributed by atoms with Gasteiger partial charge in [-0.2, -0.15) is 4.98 Å². The summed E-state index contributed by atoms with van der Waals surface area (Å²) in [4.78, 5) is 15.5. The van der Waals surface area contributed by atoms with Crippen LogP contribution in [0, 0.1) is 0 Å². The summed E-state index contributed by atoms with van der Waals surface area (Å²) in [6.07, 6.45) is 1.20. The summed E-state index contributed by atoms with van der Waals surface area (Å²) in [7, 11) is 1.50. The second-order valence-corrected chi connectivity index (χ2v) is 4.72. The van der Waals surface area contributed by atoms with Crippen molar-refractivity contribution in [3.05, 3.63) is 35.9 Å². The van der Waals surface area contributed by atoms with Gasteiger partial charge in [-0.15, -0.1) is 0 Å². The van der Waals surface area contributed by atoms with Crippen LogP contribution in [0.5, 0.6) is 17.5 Å². The maximum atomic E-state index is 11.3. The molecule has 3 N–H and O–H groups in total. The number of nitrogens with zero attached hydrogens (tertiary/aromatic N) is 1. The fraction of sp³-hybridized carbons (Fsp3) is 0.200. The van der Waals surface area contributed by atoms with E-state index in [1.807, 2.05) is 12.1 Å². The largest absolute Gasteiger partial charge is 0.479 e. The third-order valence-corrected chi connectivity index (χ3v) is 3.25. The Kier molecular flexibility index (Phi) is 3.35. The molecule has 6 nitrogen and oxygen atoms in total. The molecule has 0 radical (unpaired) electrons. The fourth-order valence-corrected chi connectivity index (χ4v) is 2.20. The topological polar surface area (TPSA) is 86.5 Å². The van der Waals surface area contributed by atoms with Crippen molar-refractivity contribution in [2.45, 2.75) is 12.8 Å². The Morgan fingerprint density at radius 1 is 1.24 bits per heavy atom. The van der Waals surface area contributed by atoms with Gasteiger partial charge in [0.25, 0.3) is 0 Å². The Morgan fingerprint density at radius 2 is 2.10 bits per heavy atom. The molecule has 6 heteroatoms. The molecule has 1 amide bonds. The van der Waals surface area contributed by atoms with E-state index in [4.69, 9.17) is 15.2 Å². The van der Waals surface area contributed by atoms with E-state index >= 15 is 0 Å². The molecule has 1 aliphatic rings. The number of methoxy groups -OCH3 is 1. The minimum atomic E-state index is 0.0427. The number of aryl methyl sites for hydroxylation is 1. The molecule has 0 aliphatic carbocycles. The second-order valence-electron chi connectivity index (χ2n) is 4.72. The summed E-state index contributed by atoms with van der Waals surface area (Å²) < 4.78 is 10.8. The van der Waals surface area contributed by atoms with Crippen LogP contribution in [0.25, 0.3) is 0 Å². The fourth-order valence-electron chi connectivity index (χ4n) is 2.20. The Hall–Kier alpha value is -2.76. The highest BCUT2D eigenvalue weighted by molar-refractivity contribution is 5.94. The van der Waals surface area contributed by atoms with Crippen molar-refractivity contribution in [2.75, 3.05) is 18.2 Å². The van der Waals surface area contributed by atoms with E-state index in [0.717, 1.165) is 11.3 Å². The minimum absolute atomic E-state index is 0.0427. The predicted octanol–water partition coefficient (Wildman–Crippen LogP) is 2.35. The van der Waals surface area contributed by atoms with E-state index in [2.05, 4.69) is 10.3 Å². The quantitative estimate of drug-likeness (QED) is 0.904. The summed E-state index contributed by atoms with van der Waals surface area (Å²) in [5, 5.41) is 2.83. The van der Waals surface area contributed by atoms with E-state index < -0.39 is 0 Å². The highest BCUT2D eigenvalue weighted by Gasteiger charge is 2.15.